The number of nitrogens with one attached hydrogen (secondary N) is 2. The summed E-state index contributed by atoms with van der Waals surface area (Å²) in [6.07, 6.45) is 2.40. The smallest absolute Gasteiger partial charge is 0.191 e. The van der Waals surface area contributed by atoms with Crippen molar-refractivity contribution in [3.8, 4) is 0 Å². The summed E-state index contributed by atoms with van der Waals surface area (Å²) in [4.78, 5) is 12.0. The van der Waals surface area contributed by atoms with Gasteiger partial charge in [0, 0.05) is 71.0 Å². The van der Waals surface area contributed by atoms with Crippen LogP contribution in [0.15, 0.2) is 4.99 Å². The number of hydrogen-bond donors (Lipinski definition) is 2. The van der Waals surface area contributed by atoms with E-state index in [1.165, 1.54) is 52.1 Å². The first-order chi connectivity index (χ1) is 11.5. The lowest BCUT2D eigenvalue weighted by molar-refractivity contribution is 0.120. The monoisotopic (exact) mass is 338 g/mol. The van der Waals surface area contributed by atoms with Crippen LogP contribution in [0.3, 0.4) is 0 Å². The van der Waals surface area contributed by atoms with Gasteiger partial charge >= 0.3 is 0 Å². The zero-order valence-electron chi connectivity index (χ0n) is 16.4. The molecule has 2 N–H and O–H groups in total. The molecule has 0 radical (unpaired) electrons. The van der Waals surface area contributed by atoms with Crippen molar-refractivity contribution in [1.29, 1.82) is 0 Å². The molecule has 2 saturated heterocycles. The topological polar surface area (TPSA) is 46.1 Å². The first-order valence-electron chi connectivity index (χ1n) is 9.63. The molecule has 0 spiro atoms. The molecular formula is C18H38N6. The molecule has 1 atom stereocenters. The molecule has 0 aromatic carbocycles. The van der Waals surface area contributed by atoms with E-state index in [0.717, 1.165) is 12.5 Å². The molecule has 2 heterocycles. The largest absolute Gasteiger partial charge is 0.355 e. The minimum absolute atomic E-state index is 0.542. The molecule has 0 aliphatic carbocycles. The van der Waals surface area contributed by atoms with Crippen LogP contribution in [0, 0.1) is 0 Å². The summed E-state index contributed by atoms with van der Waals surface area (Å²) < 4.78 is 0. The third-order valence-corrected chi connectivity index (χ3v) is 5.55. The maximum absolute atomic E-state index is 4.42. The Morgan fingerprint density at radius 3 is 2.17 bits per heavy atom. The van der Waals surface area contributed by atoms with Crippen LogP contribution in [0.4, 0.5) is 0 Å². The van der Waals surface area contributed by atoms with E-state index in [0.29, 0.717) is 18.1 Å². The summed E-state index contributed by atoms with van der Waals surface area (Å²) in [7, 11) is 4.08. The highest BCUT2D eigenvalue weighted by Gasteiger charge is 2.22. The molecule has 140 valence electrons. The summed E-state index contributed by atoms with van der Waals surface area (Å²) in [5.41, 5.74) is 0. The van der Waals surface area contributed by atoms with Crippen LogP contribution in [0.25, 0.3) is 0 Å². The van der Waals surface area contributed by atoms with Crippen molar-refractivity contribution in [3.05, 3.63) is 0 Å². The second-order valence-electron chi connectivity index (χ2n) is 7.69. The number of aliphatic imine (C=N–C) groups is 1. The number of piperazine rings is 1. The van der Waals surface area contributed by atoms with E-state index < -0.39 is 0 Å². The Labute approximate surface area is 148 Å². The van der Waals surface area contributed by atoms with Gasteiger partial charge in [-0.1, -0.05) is 0 Å². The first-order valence-corrected chi connectivity index (χ1v) is 9.63. The Kier molecular flexibility index (Phi) is 7.78. The predicted octanol–water partition coefficient (Wildman–Crippen LogP) is 0.660. The third-order valence-electron chi connectivity index (χ3n) is 5.55. The Bertz CT molecular complexity index is 381. The molecule has 0 aromatic heterocycles. The van der Waals surface area contributed by atoms with Crippen molar-refractivity contribution < 1.29 is 0 Å². The van der Waals surface area contributed by atoms with Crippen LogP contribution in [0.2, 0.25) is 0 Å². The fourth-order valence-electron chi connectivity index (χ4n) is 3.58. The molecule has 1 unspecified atom stereocenters. The minimum Gasteiger partial charge on any atom is -0.355 e. The predicted molar refractivity (Wildman–Crippen MR) is 103 cm³/mol. The van der Waals surface area contributed by atoms with Crippen molar-refractivity contribution in [2.45, 2.75) is 51.7 Å². The molecule has 6 nitrogen and oxygen atoms in total. The van der Waals surface area contributed by atoms with Gasteiger partial charge in [-0.3, -0.25) is 9.89 Å². The molecule has 6 heteroatoms. The molecule has 2 fully saturated rings. The quantitative estimate of drug-likeness (QED) is 0.570. The Hall–Kier alpha value is -0.850. The van der Waals surface area contributed by atoms with Crippen LogP contribution in [0.5, 0.6) is 0 Å². The fraction of sp³-hybridized carbons (Fsp3) is 0.944. The van der Waals surface area contributed by atoms with Crippen molar-refractivity contribution in [2.75, 3.05) is 59.9 Å². The van der Waals surface area contributed by atoms with Gasteiger partial charge in [-0.25, -0.2) is 0 Å². The van der Waals surface area contributed by atoms with E-state index in [1.54, 1.807) is 0 Å². The van der Waals surface area contributed by atoms with Gasteiger partial charge in [-0.15, -0.1) is 0 Å². The van der Waals surface area contributed by atoms with Gasteiger partial charge in [0.25, 0.3) is 0 Å². The minimum atomic E-state index is 0.542. The summed E-state index contributed by atoms with van der Waals surface area (Å²) in [5, 5.41) is 7.14. The lowest BCUT2D eigenvalue weighted by Gasteiger charge is -2.37. The standard InChI is InChI=1S/C18H38N6/c1-15(2)23-8-6-17(7-9-23)21-18(19-4)20-14-16(3)24-12-10-22(5)11-13-24/h15-17H,6-14H2,1-5H3,(H2,19,20,21). The van der Waals surface area contributed by atoms with Gasteiger partial charge in [-0.05, 0) is 40.7 Å². The van der Waals surface area contributed by atoms with Gasteiger partial charge in [0.1, 0.15) is 0 Å². The Morgan fingerprint density at radius 2 is 1.62 bits per heavy atom. The molecule has 2 rings (SSSR count). The molecule has 0 aromatic rings. The summed E-state index contributed by atoms with van der Waals surface area (Å²) >= 11 is 0. The van der Waals surface area contributed by atoms with E-state index in [4.69, 9.17) is 0 Å². The van der Waals surface area contributed by atoms with Gasteiger partial charge in [-0.2, -0.15) is 0 Å². The van der Waals surface area contributed by atoms with Gasteiger partial charge in [0.2, 0.25) is 0 Å². The van der Waals surface area contributed by atoms with Crippen molar-refractivity contribution >= 4 is 5.96 Å². The third kappa shape index (κ3) is 5.90. The molecule has 2 aliphatic rings. The van der Waals surface area contributed by atoms with Crippen molar-refractivity contribution in [2.24, 2.45) is 4.99 Å². The number of piperidine rings is 1. The van der Waals surface area contributed by atoms with Crippen LogP contribution >= 0.6 is 0 Å². The number of likely N-dealkylation sites (tertiary alicyclic amines) is 1. The second-order valence-corrected chi connectivity index (χ2v) is 7.69. The molecule has 0 bridgehead atoms. The maximum atomic E-state index is 4.42. The fourth-order valence-corrected chi connectivity index (χ4v) is 3.58. The highest BCUT2D eigenvalue weighted by atomic mass is 15.3. The average Bonchev–Trinajstić information content (AvgIpc) is 2.59. The summed E-state index contributed by atoms with van der Waals surface area (Å²) in [6, 6.07) is 1.75. The van der Waals surface area contributed by atoms with Crippen LogP contribution in [-0.2, 0) is 0 Å². The molecule has 2 aliphatic heterocycles. The molecule has 0 saturated carbocycles. The number of rotatable bonds is 5. The number of nitrogens with zero attached hydrogens (tertiary/aromatic N) is 4. The van der Waals surface area contributed by atoms with E-state index in [9.17, 15) is 0 Å². The highest BCUT2D eigenvalue weighted by molar-refractivity contribution is 5.80. The van der Waals surface area contributed by atoms with E-state index in [-0.39, 0.29) is 0 Å². The van der Waals surface area contributed by atoms with Gasteiger partial charge in [0.15, 0.2) is 5.96 Å². The Morgan fingerprint density at radius 1 is 1.00 bits per heavy atom. The van der Waals surface area contributed by atoms with E-state index >= 15 is 0 Å². The first kappa shape index (κ1) is 19.5. The normalized spacial score (nSPS) is 24.3. The lowest BCUT2D eigenvalue weighted by Crippen LogP contribution is -2.54. The van der Waals surface area contributed by atoms with E-state index in [1.807, 2.05) is 7.05 Å². The summed E-state index contributed by atoms with van der Waals surface area (Å²) in [5.74, 6) is 0.957. The van der Waals surface area contributed by atoms with Crippen LogP contribution in [-0.4, -0.2) is 98.7 Å². The molecule has 24 heavy (non-hydrogen) atoms. The van der Waals surface area contributed by atoms with Gasteiger partial charge < -0.3 is 20.4 Å². The molecule has 0 amide bonds. The van der Waals surface area contributed by atoms with Gasteiger partial charge in [0.05, 0.1) is 0 Å². The Balaban J connectivity index is 1.69. The maximum Gasteiger partial charge on any atom is 0.191 e. The van der Waals surface area contributed by atoms with Crippen LogP contribution < -0.4 is 10.6 Å². The number of likely N-dealkylation sites (N-methyl/N-ethyl adjacent to an activating group) is 1. The van der Waals surface area contributed by atoms with Crippen molar-refractivity contribution in [3.63, 3.8) is 0 Å². The zero-order valence-corrected chi connectivity index (χ0v) is 16.4. The van der Waals surface area contributed by atoms with Crippen molar-refractivity contribution in [1.82, 2.24) is 25.3 Å². The molecular weight excluding hydrogens is 300 g/mol. The number of hydrogen-bond acceptors (Lipinski definition) is 4. The summed E-state index contributed by atoms with van der Waals surface area (Å²) in [6.45, 7) is 14.9. The average molecular weight is 339 g/mol. The highest BCUT2D eigenvalue weighted by Crippen LogP contribution is 2.12. The SMILES string of the molecule is CN=C(NCC(C)N1CCN(C)CC1)NC1CCN(C(C)C)CC1. The number of guanidine groups is 1. The zero-order chi connectivity index (χ0) is 17.5. The second kappa shape index (κ2) is 9.59. The lowest BCUT2D eigenvalue weighted by atomic mass is 10.0. The van der Waals surface area contributed by atoms with Crippen LogP contribution in [0.1, 0.15) is 33.6 Å². The van der Waals surface area contributed by atoms with E-state index in [2.05, 4.69) is 58.1 Å².